The lowest BCUT2D eigenvalue weighted by molar-refractivity contribution is 0.0731. The van der Waals surface area contributed by atoms with Crippen molar-refractivity contribution in [3.8, 4) is 0 Å². The Morgan fingerprint density at radius 3 is 2.81 bits per heavy atom. The van der Waals surface area contributed by atoms with Gasteiger partial charge in [0.25, 0.3) is 5.91 Å². The Hall–Kier alpha value is -0.390. The second-order valence-electron chi connectivity index (χ2n) is 5.52. The number of amides is 1. The van der Waals surface area contributed by atoms with Crippen molar-refractivity contribution in [2.24, 2.45) is 0 Å². The van der Waals surface area contributed by atoms with Crippen molar-refractivity contribution in [1.82, 2.24) is 10.2 Å². The van der Waals surface area contributed by atoms with Crippen LogP contribution in [-0.2, 0) is 0 Å². The van der Waals surface area contributed by atoms with Crippen LogP contribution in [0, 0.1) is 0 Å². The molecule has 1 aliphatic rings. The summed E-state index contributed by atoms with van der Waals surface area (Å²) in [5.74, 6) is 0.114. The van der Waals surface area contributed by atoms with E-state index in [0.29, 0.717) is 6.04 Å². The van der Waals surface area contributed by atoms with Crippen LogP contribution in [0.15, 0.2) is 27.1 Å². The minimum atomic E-state index is 0.114. The second kappa shape index (κ2) is 8.30. The first-order valence-electron chi connectivity index (χ1n) is 7.59. The molecule has 1 aromatic carbocycles. The van der Waals surface area contributed by atoms with Crippen LogP contribution >= 0.6 is 31.9 Å². The molecule has 0 aromatic heterocycles. The largest absolute Gasteiger partial charge is 0.337 e. The predicted octanol–water partition coefficient (Wildman–Crippen LogP) is 4.21. The molecule has 0 radical (unpaired) electrons. The van der Waals surface area contributed by atoms with Gasteiger partial charge in [-0.25, -0.2) is 0 Å². The molecule has 1 amide bonds. The highest BCUT2D eigenvalue weighted by molar-refractivity contribution is 9.11. The third-order valence-corrected chi connectivity index (χ3v) is 4.94. The van der Waals surface area contributed by atoms with Crippen LogP contribution in [0.3, 0.4) is 0 Å². The zero-order valence-corrected chi connectivity index (χ0v) is 15.5. The number of benzene rings is 1. The Morgan fingerprint density at radius 2 is 2.19 bits per heavy atom. The van der Waals surface area contributed by atoms with Crippen molar-refractivity contribution in [3.05, 3.63) is 32.7 Å². The maximum absolute atomic E-state index is 12.8. The van der Waals surface area contributed by atoms with Gasteiger partial charge in [0.05, 0.1) is 5.56 Å². The van der Waals surface area contributed by atoms with E-state index in [1.165, 1.54) is 12.8 Å². The molecule has 116 valence electrons. The Labute approximate surface area is 143 Å². The molecule has 0 bridgehead atoms. The number of carbonyl (C=O) groups is 1. The van der Waals surface area contributed by atoms with Crippen molar-refractivity contribution in [1.29, 1.82) is 0 Å². The fourth-order valence-corrected chi connectivity index (χ4v) is 3.94. The minimum absolute atomic E-state index is 0.114. The summed E-state index contributed by atoms with van der Waals surface area (Å²) in [6.07, 6.45) is 4.64. The summed E-state index contributed by atoms with van der Waals surface area (Å²) >= 11 is 6.93. The van der Waals surface area contributed by atoms with E-state index in [-0.39, 0.29) is 5.91 Å². The lowest BCUT2D eigenvalue weighted by Gasteiger charge is -2.30. The maximum Gasteiger partial charge on any atom is 0.255 e. The molecule has 1 aliphatic heterocycles. The number of nitrogens with one attached hydrogen (secondary N) is 1. The average Bonchev–Trinajstić information content (AvgIpc) is 2.47. The van der Waals surface area contributed by atoms with E-state index in [2.05, 4.69) is 44.1 Å². The Bertz CT molecular complexity index is 487. The maximum atomic E-state index is 12.8. The lowest BCUT2D eigenvalue weighted by atomic mass is 10.0. The molecule has 0 aliphatic carbocycles. The number of carbonyl (C=O) groups excluding carboxylic acids is 1. The molecule has 1 atom stereocenters. The zero-order valence-electron chi connectivity index (χ0n) is 12.4. The first-order chi connectivity index (χ1) is 10.1. The Balaban J connectivity index is 2.10. The van der Waals surface area contributed by atoms with Gasteiger partial charge in [0.1, 0.15) is 0 Å². The highest BCUT2D eigenvalue weighted by Crippen LogP contribution is 2.23. The van der Waals surface area contributed by atoms with Crippen LogP contribution in [0.1, 0.15) is 43.0 Å². The van der Waals surface area contributed by atoms with E-state index in [4.69, 9.17) is 0 Å². The third kappa shape index (κ3) is 4.80. The van der Waals surface area contributed by atoms with Crippen molar-refractivity contribution < 1.29 is 4.79 Å². The van der Waals surface area contributed by atoms with E-state index in [9.17, 15) is 4.79 Å². The van der Waals surface area contributed by atoms with Crippen LogP contribution in [0.25, 0.3) is 0 Å². The van der Waals surface area contributed by atoms with Crippen molar-refractivity contribution in [2.45, 2.75) is 38.6 Å². The van der Waals surface area contributed by atoms with Crippen LogP contribution in [0.2, 0.25) is 0 Å². The van der Waals surface area contributed by atoms with Gasteiger partial charge in [-0.05, 0) is 59.9 Å². The summed E-state index contributed by atoms with van der Waals surface area (Å²) in [5.41, 5.74) is 0.738. The number of hydrogen-bond acceptors (Lipinski definition) is 2. The molecule has 1 N–H and O–H groups in total. The summed E-state index contributed by atoms with van der Waals surface area (Å²) in [7, 11) is 0. The molecular formula is C16H22Br2N2O. The number of piperidine rings is 1. The number of rotatable bonds is 5. The van der Waals surface area contributed by atoms with Crippen LogP contribution in [0.4, 0.5) is 0 Å². The summed E-state index contributed by atoms with van der Waals surface area (Å²) < 4.78 is 1.82. The van der Waals surface area contributed by atoms with E-state index < -0.39 is 0 Å². The molecule has 21 heavy (non-hydrogen) atoms. The van der Waals surface area contributed by atoms with Crippen molar-refractivity contribution in [3.63, 3.8) is 0 Å². The molecule has 1 aromatic rings. The summed E-state index contributed by atoms with van der Waals surface area (Å²) in [4.78, 5) is 14.8. The topological polar surface area (TPSA) is 32.3 Å². The van der Waals surface area contributed by atoms with Gasteiger partial charge < -0.3 is 10.2 Å². The molecule has 1 saturated heterocycles. The highest BCUT2D eigenvalue weighted by atomic mass is 79.9. The van der Waals surface area contributed by atoms with Gasteiger partial charge in [-0.3, -0.25) is 4.79 Å². The Morgan fingerprint density at radius 1 is 1.38 bits per heavy atom. The minimum Gasteiger partial charge on any atom is -0.337 e. The summed E-state index contributed by atoms with van der Waals surface area (Å²) in [5, 5.41) is 3.52. The van der Waals surface area contributed by atoms with Crippen molar-refractivity contribution >= 4 is 37.8 Å². The normalized spacial score (nSPS) is 18.5. The standard InChI is InChI=1S/C16H22Br2N2O/c1-2-9-20(11-13-5-3-4-8-19-13)16(21)14-7-6-12(17)10-15(14)18/h6-7,10,13,19H,2-5,8-9,11H2,1H3. The third-order valence-electron chi connectivity index (χ3n) is 3.80. The first kappa shape index (κ1) is 17.0. The lowest BCUT2D eigenvalue weighted by Crippen LogP contribution is -2.46. The molecule has 3 nitrogen and oxygen atoms in total. The smallest absolute Gasteiger partial charge is 0.255 e. The monoisotopic (exact) mass is 416 g/mol. The highest BCUT2D eigenvalue weighted by Gasteiger charge is 2.22. The van der Waals surface area contributed by atoms with Gasteiger partial charge in [-0.2, -0.15) is 0 Å². The molecule has 5 heteroatoms. The van der Waals surface area contributed by atoms with Gasteiger partial charge in [-0.15, -0.1) is 0 Å². The SMILES string of the molecule is CCCN(CC1CCCCN1)C(=O)c1ccc(Br)cc1Br. The molecule has 2 rings (SSSR count). The van der Waals surface area contributed by atoms with Gasteiger partial charge in [0, 0.05) is 28.1 Å². The van der Waals surface area contributed by atoms with E-state index in [1.807, 2.05) is 23.1 Å². The molecule has 0 saturated carbocycles. The number of nitrogens with zero attached hydrogens (tertiary/aromatic N) is 1. The average molecular weight is 418 g/mol. The van der Waals surface area contributed by atoms with E-state index >= 15 is 0 Å². The molecule has 0 spiro atoms. The van der Waals surface area contributed by atoms with Gasteiger partial charge in [0.2, 0.25) is 0 Å². The van der Waals surface area contributed by atoms with Crippen LogP contribution in [0.5, 0.6) is 0 Å². The Kier molecular flexibility index (Phi) is 6.71. The van der Waals surface area contributed by atoms with E-state index in [0.717, 1.165) is 47.0 Å². The van der Waals surface area contributed by atoms with E-state index in [1.54, 1.807) is 0 Å². The quantitative estimate of drug-likeness (QED) is 0.778. The van der Waals surface area contributed by atoms with Gasteiger partial charge in [-0.1, -0.05) is 29.3 Å². The number of hydrogen-bond donors (Lipinski definition) is 1. The predicted molar refractivity (Wildman–Crippen MR) is 93.7 cm³/mol. The molecule has 1 unspecified atom stereocenters. The van der Waals surface area contributed by atoms with Crippen LogP contribution in [-0.4, -0.2) is 36.5 Å². The summed E-state index contributed by atoms with van der Waals surface area (Å²) in [6.45, 7) is 4.79. The van der Waals surface area contributed by atoms with Crippen molar-refractivity contribution in [2.75, 3.05) is 19.6 Å². The van der Waals surface area contributed by atoms with Crippen LogP contribution < -0.4 is 5.32 Å². The molecule has 1 heterocycles. The first-order valence-corrected chi connectivity index (χ1v) is 9.18. The number of halogens is 2. The summed E-state index contributed by atoms with van der Waals surface area (Å²) in [6, 6.07) is 6.16. The zero-order chi connectivity index (χ0) is 15.2. The molecular weight excluding hydrogens is 396 g/mol. The second-order valence-corrected chi connectivity index (χ2v) is 7.29. The molecule has 1 fully saturated rings. The van der Waals surface area contributed by atoms with Gasteiger partial charge >= 0.3 is 0 Å². The fraction of sp³-hybridized carbons (Fsp3) is 0.562. The fourth-order valence-electron chi connectivity index (χ4n) is 2.72. The van der Waals surface area contributed by atoms with Gasteiger partial charge in [0.15, 0.2) is 0 Å².